The van der Waals surface area contributed by atoms with Crippen LogP contribution in [0.2, 0.25) is 0 Å². The SMILES string of the molecule is Cc1ccc(C(=O)C(C)C#N)c(F)c1. The van der Waals surface area contributed by atoms with Gasteiger partial charge in [0.1, 0.15) is 11.7 Å². The van der Waals surface area contributed by atoms with Crippen LogP contribution in [-0.2, 0) is 0 Å². The molecule has 2 nitrogen and oxygen atoms in total. The smallest absolute Gasteiger partial charge is 0.182 e. The highest BCUT2D eigenvalue weighted by molar-refractivity contribution is 5.99. The molecular weight excluding hydrogens is 181 g/mol. The zero-order valence-electron chi connectivity index (χ0n) is 8.04. The van der Waals surface area contributed by atoms with Crippen molar-refractivity contribution in [1.82, 2.24) is 0 Å². The predicted octanol–water partition coefficient (Wildman–Crippen LogP) is 2.48. The molecule has 0 aliphatic carbocycles. The minimum atomic E-state index is -0.799. The van der Waals surface area contributed by atoms with Gasteiger partial charge in [-0.3, -0.25) is 4.79 Å². The number of nitriles is 1. The highest BCUT2D eigenvalue weighted by atomic mass is 19.1. The van der Waals surface area contributed by atoms with Crippen molar-refractivity contribution in [1.29, 1.82) is 5.26 Å². The molecule has 0 N–H and O–H groups in total. The lowest BCUT2D eigenvalue weighted by Crippen LogP contribution is -2.11. The molecule has 0 radical (unpaired) electrons. The van der Waals surface area contributed by atoms with E-state index in [9.17, 15) is 9.18 Å². The Balaban J connectivity index is 3.09. The molecule has 1 rings (SSSR count). The number of nitrogens with zero attached hydrogens (tertiary/aromatic N) is 1. The monoisotopic (exact) mass is 191 g/mol. The van der Waals surface area contributed by atoms with Gasteiger partial charge in [0, 0.05) is 0 Å². The Morgan fingerprint density at radius 2 is 2.21 bits per heavy atom. The summed E-state index contributed by atoms with van der Waals surface area (Å²) in [6.07, 6.45) is 0. The summed E-state index contributed by atoms with van der Waals surface area (Å²) >= 11 is 0. The number of hydrogen-bond acceptors (Lipinski definition) is 2. The Morgan fingerprint density at radius 3 is 2.71 bits per heavy atom. The van der Waals surface area contributed by atoms with Crippen molar-refractivity contribution in [2.75, 3.05) is 0 Å². The van der Waals surface area contributed by atoms with E-state index in [4.69, 9.17) is 5.26 Å². The van der Waals surface area contributed by atoms with Crippen molar-refractivity contribution < 1.29 is 9.18 Å². The number of hydrogen-bond donors (Lipinski definition) is 0. The minimum Gasteiger partial charge on any atom is -0.293 e. The van der Waals surface area contributed by atoms with Crippen LogP contribution >= 0.6 is 0 Å². The lowest BCUT2D eigenvalue weighted by molar-refractivity contribution is 0.0952. The zero-order chi connectivity index (χ0) is 10.7. The van der Waals surface area contributed by atoms with Gasteiger partial charge in [-0.15, -0.1) is 0 Å². The summed E-state index contributed by atoms with van der Waals surface area (Å²) in [6.45, 7) is 3.20. The van der Waals surface area contributed by atoms with Crippen molar-refractivity contribution in [3.63, 3.8) is 0 Å². The molecule has 3 heteroatoms. The Morgan fingerprint density at radius 1 is 1.57 bits per heavy atom. The average Bonchev–Trinajstić information content (AvgIpc) is 2.15. The van der Waals surface area contributed by atoms with Crippen molar-refractivity contribution in [3.05, 3.63) is 35.1 Å². The van der Waals surface area contributed by atoms with Crippen LogP contribution in [-0.4, -0.2) is 5.78 Å². The summed E-state index contributed by atoms with van der Waals surface area (Å²) in [5.74, 6) is -1.82. The van der Waals surface area contributed by atoms with Crippen LogP contribution in [0.15, 0.2) is 18.2 Å². The Kier molecular flexibility index (Phi) is 2.98. The number of ketones is 1. The largest absolute Gasteiger partial charge is 0.293 e. The maximum atomic E-state index is 13.3. The lowest BCUT2D eigenvalue weighted by Gasteiger charge is -2.04. The van der Waals surface area contributed by atoms with Crippen LogP contribution in [0.25, 0.3) is 0 Å². The first-order chi connectivity index (χ1) is 6.56. The molecular formula is C11H10FNO. The fourth-order valence-electron chi connectivity index (χ4n) is 1.11. The zero-order valence-corrected chi connectivity index (χ0v) is 8.04. The van der Waals surface area contributed by atoms with Gasteiger partial charge in [-0.05, 0) is 31.5 Å². The Hall–Kier alpha value is -1.69. The minimum absolute atomic E-state index is 0.00958. The number of carbonyl (C=O) groups is 1. The van der Waals surface area contributed by atoms with Crippen LogP contribution < -0.4 is 0 Å². The van der Waals surface area contributed by atoms with E-state index in [2.05, 4.69) is 0 Å². The predicted molar refractivity (Wildman–Crippen MR) is 50.2 cm³/mol. The average molecular weight is 191 g/mol. The van der Waals surface area contributed by atoms with Gasteiger partial charge in [0.2, 0.25) is 0 Å². The second-order valence-corrected chi connectivity index (χ2v) is 3.20. The highest BCUT2D eigenvalue weighted by Crippen LogP contribution is 2.14. The van der Waals surface area contributed by atoms with Crippen LogP contribution in [0.4, 0.5) is 4.39 Å². The van der Waals surface area contributed by atoms with Crippen LogP contribution in [0.5, 0.6) is 0 Å². The van der Waals surface area contributed by atoms with E-state index >= 15 is 0 Å². The van der Waals surface area contributed by atoms with E-state index in [0.29, 0.717) is 0 Å². The maximum absolute atomic E-state index is 13.3. The molecule has 0 aliphatic heterocycles. The summed E-state index contributed by atoms with van der Waals surface area (Å²) in [6, 6.07) is 6.15. The van der Waals surface area contributed by atoms with Crippen LogP contribution in [0.3, 0.4) is 0 Å². The number of benzene rings is 1. The summed E-state index contributed by atoms with van der Waals surface area (Å²) in [7, 11) is 0. The molecule has 0 bridgehead atoms. The Bertz CT molecular complexity index is 406. The molecule has 1 aromatic rings. The summed E-state index contributed by atoms with van der Waals surface area (Å²) in [4.78, 5) is 11.4. The highest BCUT2D eigenvalue weighted by Gasteiger charge is 2.17. The molecule has 14 heavy (non-hydrogen) atoms. The second-order valence-electron chi connectivity index (χ2n) is 3.20. The van der Waals surface area contributed by atoms with Gasteiger partial charge >= 0.3 is 0 Å². The first-order valence-electron chi connectivity index (χ1n) is 4.26. The first-order valence-corrected chi connectivity index (χ1v) is 4.26. The first kappa shape index (κ1) is 10.4. The lowest BCUT2D eigenvalue weighted by atomic mass is 9.99. The molecule has 0 saturated carbocycles. The molecule has 1 atom stereocenters. The fourth-order valence-corrected chi connectivity index (χ4v) is 1.11. The molecule has 1 unspecified atom stereocenters. The quantitative estimate of drug-likeness (QED) is 0.674. The van der Waals surface area contributed by atoms with E-state index in [0.717, 1.165) is 5.56 Å². The van der Waals surface area contributed by atoms with Crippen molar-refractivity contribution in [3.8, 4) is 6.07 Å². The van der Waals surface area contributed by atoms with E-state index in [-0.39, 0.29) is 5.56 Å². The molecule has 0 spiro atoms. The number of halogens is 1. The van der Waals surface area contributed by atoms with Gasteiger partial charge in [0.05, 0.1) is 11.6 Å². The second kappa shape index (κ2) is 4.01. The fraction of sp³-hybridized carbons (Fsp3) is 0.273. The van der Waals surface area contributed by atoms with E-state index in [1.807, 2.05) is 0 Å². The number of aryl methyl sites for hydroxylation is 1. The van der Waals surface area contributed by atoms with Gasteiger partial charge in [-0.2, -0.15) is 5.26 Å². The van der Waals surface area contributed by atoms with E-state index in [1.165, 1.54) is 19.1 Å². The van der Waals surface area contributed by atoms with Gasteiger partial charge in [-0.1, -0.05) is 6.07 Å². The normalized spacial score (nSPS) is 11.9. The third kappa shape index (κ3) is 1.97. The molecule has 0 aromatic heterocycles. The van der Waals surface area contributed by atoms with Crippen LogP contribution in [0.1, 0.15) is 22.8 Å². The van der Waals surface area contributed by atoms with E-state index in [1.54, 1.807) is 19.1 Å². The third-order valence-corrected chi connectivity index (χ3v) is 1.98. The molecule has 0 saturated heterocycles. The molecule has 1 aromatic carbocycles. The Labute approximate surface area is 82.0 Å². The summed E-state index contributed by atoms with van der Waals surface area (Å²) in [5, 5.41) is 8.52. The maximum Gasteiger partial charge on any atom is 0.182 e. The van der Waals surface area contributed by atoms with Gasteiger partial charge in [0.25, 0.3) is 0 Å². The molecule has 0 heterocycles. The van der Waals surface area contributed by atoms with Crippen molar-refractivity contribution in [2.24, 2.45) is 5.92 Å². The molecule has 72 valence electrons. The third-order valence-electron chi connectivity index (χ3n) is 1.98. The van der Waals surface area contributed by atoms with Crippen molar-refractivity contribution >= 4 is 5.78 Å². The van der Waals surface area contributed by atoms with Gasteiger partial charge in [-0.25, -0.2) is 4.39 Å². The standard InChI is InChI=1S/C11H10FNO/c1-7-3-4-9(10(12)5-7)11(14)8(2)6-13/h3-5,8H,1-2H3. The number of Topliss-reactive ketones (excluding diaryl/α,β-unsaturated/α-hetero) is 1. The van der Waals surface area contributed by atoms with Crippen molar-refractivity contribution in [2.45, 2.75) is 13.8 Å². The molecule has 0 aliphatic rings. The molecule has 0 fully saturated rings. The van der Waals surface area contributed by atoms with E-state index < -0.39 is 17.5 Å². The van der Waals surface area contributed by atoms with Crippen LogP contribution in [0, 0.1) is 30.0 Å². The van der Waals surface area contributed by atoms with Gasteiger partial charge in [0.15, 0.2) is 5.78 Å². The number of carbonyl (C=O) groups excluding carboxylic acids is 1. The summed E-state index contributed by atoms with van der Waals surface area (Å²) < 4.78 is 13.3. The molecule has 0 amide bonds. The van der Waals surface area contributed by atoms with Gasteiger partial charge < -0.3 is 0 Å². The number of rotatable bonds is 2. The topological polar surface area (TPSA) is 40.9 Å². The summed E-state index contributed by atoms with van der Waals surface area (Å²) in [5.41, 5.74) is 0.744.